The van der Waals surface area contributed by atoms with Crippen LogP contribution in [0.3, 0.4) is 0 Å². The molecule has 0 unspecified atom stereocenters. The Morgan fingerprint density at radius 1 is 0.964 bits per heavy atom. The minimum absolute atomic E-state index is 0.535. The van der Waals surface area contributed by atoms with E-state index in [2.05, 4.69) is 58.4 Å². The highest BCUT2D eigenvalue weighted by Crippen LogP contribution is 2.23. The van der Waals surface area contributed by atoms with Crippen LogP contribution in [0, 0.1) is 26.2 Å². The van der Waals surface area contributed by atoms with E-state index in [0.717, 1.165) is 28.3 Å². The molecule has 0 aliphatic rings. The summed E-state index contributed by atoms with van der Waals surface area (Å²) in [5, 5.41) is 7.73. The lowest BCUT2D eigenvalue weighted by Crippen LogP contribution is -2.03. The quantitative estimate of drug-likeness (QED) is 0.534. The number of aryl methyl sites for hydroxylation is 2. The Hall–Kier alpha value is -3.91. The lowest BCUT2D eigenvalue weighted by Gasteiger charge is -2.10. The zero-order valence-corrected chi connectivity index (χ0v) is 15.7. The SMILES string of the molecule is C#Cc1cccc(-n2nccc2-c2ccnc(Nc3cc(C)cc(C)c3)n2)c1. The summed E-state index contributed by atoms with van der Waals surface area (Å²) in [5.74, 6) is 3.19. The van der Waals surface area contributed by atoms with E-state index in [-0.39, 0.29) is 0 Å². The second-order valence-corrected chi connectivity index (χ2v) is 6.59. The molecule has 4 aromatic rings. The highest BCUT2D eigenvalue weighted by atomic mass is 15.3. The van der Waals surface area contributed by atoms with Crippen LogP contribution in [0.15, 0.2) is 67.0 Å². The molecule has 1 N–H and O–H groups in total. The van der Waals surface area contributed by atoms with E-state index in [1.807, 2.05) is 41.1 Å². The Balaban J connectivity index is 1.69. The molecule has 5 heteroatoms. The van der Waals surface area contributed by atoms with Gasteiger partial charge in [0.1, 0.15) is 0 Å². The smallest absolute Gasteiger partial charge is 0.227 e. The predicted molar refractivity (Wildman–Crippen MR) is 112 cm³/mol. The molecular formula is C23H19N5. The first-order valence-corrected chi connectivity index (χ1v) is 8.92. The Labute approximate surface area is 164 Å². The van der Waals surface area contributed by atoms with Gasteiger partial charge in [0.05, 0.1) is 23.3 Å². The van der Waals surface area contributed by atoms with E-state index in [4.69, 9.17) is 6.42 Å². The van der Waals surface area contributed by atoms with Crippen LogP contribution < -0.4 is 5.32 Å². The molecule has 0 atom stereocenters. The molecule has 0 radical (unpaired) electrons. The van der Waals surface area contributed by atoms with Crippen LogP contribution in [0.25, 0.3) is 17.1 Å². The van der Waals surface area contributed by atoms with Gasteiger partial charge in [-0.25, -0.2) is 14.6 Å². The Kier molecular flexibility index (Phi) is 4.61. The maximum Gasteiger partial charge on any atom is 0.227 e. The standard InChI is InChI=1S/C23H19N5/c1-4-18-6-5-7-20(15-18)28-22(9-11-25-28)21-8-10-24-23(27-21)26-19-13-16(2)12-17(3)14-19/h1,5-15H,2-3H3,(H,24,26,27). The summed E-state index contributed by atoms with van der Waals surface area (Å²) in [6.45, 7) is 4.14. The minimum atomic E-state index is 0.535. The number of nitrogens with zero attached hydrogens (tertiary/aromatic N) is 4. The zero-order chi connectivity index (χ0) is 19.5. The lowest BCUT2D eigenvalue weighted by molar-refractivity contribution is 0.883. The molecule has 0 aliphatic heterocycles. The highest BCUT2D eigenvalue weighted by molar-refractivity contribution is 5.62. The number of hydrogen-bond acceptors (Lipinski definition) is 4. The van der Waals surface area contributed by atoms with Crippen molar-refractivity contribution in [1.82, 2.24) is 19.7 Å². The van der Waals surface area contributed by atoms with Crippen molar-refractivity contribution in [2.45, 2.75) is 13.8 Å². The fourth-order valence-electron chi connectivity index (χ4n) is 3.17. The van der Waals surface area contributed by atoms with E-state index in [1.54, 1.807) is 12.4 Å². The normalized spacial score (nSPS) is 10.5. The fourth-order valence-corrected chi connectivity index (χ4v) is 3.17. The van der Waals surface area contributed by atoms with Gasteiger partial charge in [-0.2, -0.15) is 5.10 Å². The monoisotopic (exact) mass is 365 g/mol. The van der Waals surface area contributed by atoms with E-state index < -0.39 is 0 Å². The van der Waals surface area contributed by atoms with Crippen molar-refractivity contribution < 1.29 is 0 Å². The molecule has 2 aromatic heterocycles. The third-order valence-electron chi connectivity index (χ3n) is 4.30. The topological polar surface area (TPSA) is 55.6 Å². The molecule has 5 nitrogen and oxygen atoms in total. The van der Waals surface area contributed by atoms with E-state index in [0.29, 0.717) is 5.95 Å². The number of aromatic nitrogens is 4. The van der Waals surface area contributed by atoms with Gasteiger partial charge >= 0.3 is 0 Å². The van der Waals surface area contributed by atoms with Gasteiger partial charge in [-0.15, -0.1) is 6.42 Å². The third-order valence-corrected chi connectivity index (χ3v) is 4.30. The number of terminal acetylenes is 1. The van der Waals surface area contributed by atoms with Crippen molar-refractivity contribution in [3.63, 3.8) is 0 Å². The van der Waals surface area contributed by atoms with Gasteiger partial charge in [0.2, 0.25) is 5.95 Å². The Morgan fingerprint density at radius 3 is 2.57 bits per heavy atom. The van der Waals surface area contributed by atoms with Crippen molar-refractivity contribution >= 4 is 11.6 Å². The molecule has 0 spiro atoms. The summed E-state index contributed by atoms with van der Waals surface area (Å²) in [6.07, 6.45) is 9.01. The molecule has 0 amide bonds. The lowest BCUT2D eigenvalue weighted by atomic mass is 10.1. The van der Waals surface area contributed by atoms with Gasteiger partial charge in [-0.05, 0) is 67.4 Å². The third kappa shape index (κ3) is 3.62. The molecule has 0 bridgehead atoms. The maximum atomic E-state index is 5.53. The van der Waals surface area contributed by atoms with Gasteiger partial charge in [0, 0.05) is 17.4 Å². The molecule has 0 fully saturated rings. The summed E-state index contributed by atoms with van der Waals surface area (Å²) in [5.41, 5.74) is 6.65. The number of hydrogen-bond donors (Lipinski definition) is 1. The average molecular weight is 365 g/mol. The molecule has 4 rings (SSSR count). The maximum absolute atomic E-state index is 5.53. The second-order valence-electron chi connectivity index (χ2n) is 6.59. The highest BCUT2D eigenvalue weighted by Gasteiger charge is 2.11. The average Bonchev–Trinajstić information content (AvgIpc) is 3.17. The fraction of sp³-hybridized carbons (Fsp3) is 0.0870. The van der Waals surface area contributed by atoms with E-state index >= 15 is 0 Å². The van der Waals surface area contributed by atoms with Crippen LogP contribution in [0.2, 0.25) is 0 Å². The summed E-state index contributed by atoms with van der Waals surface area (Å²) in [7, 11) is 0. The summed E-state index contributed by atoms with van der Waals surface area (Å²) < 4.78 is 1.82. The van der Waals surface area contributed by atoms with Crippen molar-refractivity contribution in [3.05, 3.63) is 83.7 Å². The summed E-state index contributed by atoms with van der Waals surface area (Å²) >= 11 is 0. The summed E-state index contributed by atoms with van der Waals surface area (Å²) in [6, 6.07) is 17.8. The van der Waals surface area contributed by atoms with E-state index in [1.165, 1.54) is 11.1 Å². The molecule has 28 heavy (non-hydrogen) atoms. The van der Waals surface area contributed by atoms with Crippen molar-refractivity contribution in [1.29, 1.82) is 0 Å². The molecule has 136 valence electrons. The van der Waals surface area contributed by atoms with Gasteiger partial charge in [-0.3, -0.25) is 0 Å². The molecule has 0 aliphatic carbocycles. The van der Waals surface area contributed by atoms with Crippen molar-refractivity contribution in [2.24, 2.45) is 0 Å². The molecular weight excluding hydrogens is 346 g/mol. The first-order valence-electron chi connectivity index (χ1n) is 8.92. The first-order chi connectivity index (χ1) is 13.6. The zero-order valence-electron chi connectivity index (χ0n) is 15.7. The Bertz CT molecular complexity index is 1160. The molecule has 0 saturated heterocycles. The number of nitrogens with one attached hydrogen (secondary N) is 1. The van der Waals surface area contributed by atoms with E-state index in [9.17, 15) is 0 Å². The number of benzene rings is 2. The van der Waals surface area contributed by atoms with Gasteiger partial charge in [0.25, 0.3) is 0 Å². The molecule has 0 saturated carbocycles. The van der Waals surface area contributed by atoms with Gasteiger partial charge < -0.3 is 5.32 Å². The number of anilines is 2. The second kappa shape index (κ2) is 7.37. The van der Waals surface area contributed by atoms with Crippen LogP contribution in [0.1, 0.15) is 16.7 Å². The van der Waals surface area contributed by atoms with Crippen LogP contribution in [-0.2, 0) is 0 Å². The van der Waals surface area contributed by atoms with Crippen LogP contribution >= 0.6 is 0 Å². The van der Waals surface area contributed by atoms with Crippen LogP contribution in [-0.4, -0.2) is 19.7 Å². The summed E-state index contributed by atoms with van der Waals surface area (Å²) in [4.78, 5) is 9.03. The van der Waals surface area contributed by atoms with Gasteiger partial charge in [-0.1, -0.05) is 18.1 Å². The first kappa shape index (κ1) is 17.5. The van der Waals surface area contributed by atoms with Crippen molar-refractivity contribution in [2.75, 3.05) is 5.32 Å². The predicted octanol–water partition coefficient (Wildman–Crippen LogP) is 4.67. The number of rotatable bonds is 4. The van der Waals surface area contributed by atoms with Gasteiger partial charge in [0.15, 0.2) is 0 Å². The molecule has 2 heterocycles. The largest absolute Gasteiger partial charge is 0.324 e. The molecule has 2 aromatic carbocycles. The van der Waals surface area contributed by atoms with Crippen LogP contribution in [0.4, 0.5) is 11.6 Å². The van der Waals surface area contributed by atoms with Crippen LogP contribution in [0.5, 0.6) is 0 Å². The van der Waals surface area contributed by atoms with Crippen molar-refractivity contribution in [3.8, 4) is 29.4 Å². The minimum Gasteiger partial charge on any atom is -0.324 e. The Morgan fingerprint density at radius 2 is 1.79 bits per heavy atom.